The third kappa shape index (κ3) is 2.77. The number of benzene rings is 1. The van der Waals surface area contributed by atoms with Crippen molar-refractivity contribution in [2.45, 2.75) is 19.4 Å². The molecule has 1 rings (SSSR count). The first kappa shape index (κ1) is 11.7. The van der Waals surface area contributed by atoms with Crippen LogP contribution in [0.15, 0.2) is 18.2 Å². The third-order valence-electron chi connectivity index (χ3n) is 2.42. The van der Waals surface area contributed by atoms with Crippen LogP contribution in [0, 0.1) is 11.3 Å². The summed E-state index contributed by atoms with van der Waals surface area (Å²) in [6.45, 7) is 1.98. The summed E-state index contributed by atoms with van der Waals surface area (Å²) in [5, 5.41) is 9.24. The van der Waals surface area contributed by atoms with Gasteiger partial charge in [0.05, 0.1) is 23.9 Å². The Labute approximate surface area is 95.1 Å². The van der Waals surface area contributed by atoms with E-state index in [1.54, 1.807) is 12.1 Å². The second-order valence-corrected chi connectivity index (χ2v) is 3.96. The molecular weight excluding hydrogens is 210 g/mol. The summed E-state index contributed by atoms with van der Waals surface area (Å²) in [6.07, 6.45) is 0.471. The van der Waals surface area contributed by atoms with Gasteiger partial charge in [0.15, 0.2) is 0 Å². The SMILES string of the molecule is CC(CC#N)N(C)c1ccc(Cl)cc1N. The maximum atomic E-state index is 8.62. The van der Waals surface area contributed by atoms with E-state index in [0.717, 1.165) is 5.69 Å². The van der Waals surface area contributed by atoms with E-state index >= 15 is 0 Å². The van der Waals surface area contributed by atoms with Gasteiger partial charge in [0.1, 0.15) is 0 Å². The molecule has 15 heavy (non-hydrogen) atoms. The number of anilines is 2. The molecule has 0 aliphatic carbocycles. The molecule has 1 aromatic carbocycles. The number of nitriles is 1. The molecule has 4 heteroatoms. The lowest BCUT2D eigenvalue weighted by Crippen LogP contribution is -2.28. The van der Waals surface area contributed by atoms with Gasteiger partial charge in [-0.2, -0.15) is 5.26 Å². The Morgan fingerprint density at radius 1 is 1.60 bits per heavy atom. The molecule has 2 N–H and O–H groups in total. The summed E-state index contributed by atoms with van der Waals surface area (Å²) in [6, 6.07) is 7.65. The van der Waals surface area contributed by atoms with Crippen LogP contribution in [0.4, 0.5) is 11.4 Å². The Morgan fingerprint density at radius 2 is 2.27 bits per heavy atom. The van der Waals surface area contributed by atoms with E-state index in [0.29, 0.717) is 17.1 Å². The minimum Gasteiger partial charge on any atom is -0.397 e. The van der Waals surface area contributed by atoms with Crippen LogP contribution >= 0.6 is 11.6 Å². The molecule has 80 valence electrons. The van der Waals surface area contributed by atoms with Crippen molar-refractivity contribution >= 4 is 23.0 Å². The van der Waals surface area contributed by atoms with E-state index < -0.39 is 0 Å². The lowest BCUT2D eigenvalue weighted by atomic mass is 10.2. The van der Waals surface area contributed by atoms with Gasteiger partial charge in [0.2, 0.25) is 0 Å². The monoisotopic (exact) mass is 223 g/mol. The van der Waals surface area contributed by atoms with Gasteiger partial charge in [-0.25, -0.2) is 0 Å². The zero-order chi connectivity index (χ0) is 11.4. The third-order valence-corrected chi connectivity index (χ3v) is 2.65. The van der Waals surface area contributed by atoms with E-state index in [4.69, 9.17) is 22.6 Å². The van der Waals surface area contributed by atoms with Crippen LogP contribution in [0.5, 0.6) is 0 Å². The van der Waals surface area contributed by atoms with Crippen LogP contribution in [0.3, 0.4) is 0 Å². The zero-order valence-corrected chi connectivity index (χ0v) is 9.62. The van der Waals surface area contributed by atoms with Crippen molar-refractivity contribution in [3.63, 3.8) is 0 Å². The molecule has 0 heterocycles. The largest absolute Gasteiger partial charge is 0.397 e. The highest BCUT2D eigenvalue weighted by molar-refractivity contribution is 6.31. The van der Waals surface area contributed by atoms with Crippen LogP contribution in [0.25, 0.3) is 0 Å². The molecule has 0 aromatic heterocycles. The average Bonchev–Trinajstić information content (AvgIpc) is 2.17. The molecular formula is C11H14ClN3. The predicted molar refractivity (Wildman–Crippen MR) is 64.0 cm³/mol. The Balaban J connectivity index is 2.91. The van der Waals surface area contributed by atoms with Gasteiger partial charge in [0.25, 0.3) is 0 Å². The van der Waals surface area contributed by atoms with Gasteiger partial charge >= 0.3 is 0 Å². The molecule has 1 unspecified atom stereocenters. The van der Waals surface area contributed by atoms with Crippen molar-refractivity contribution in [1.82, 2.24) is 0 Å². The molecule has 0 saturated heterocycles. The summed E-state index contributed by atoms with van der Waals surface area (Å²) in [5.74, 6) is 0. The minimum absolute atomic E-state index is 0.137. The molecule has 0 saturated carbocycles. The lowest BCUT2D eigenvalue weighted by molar-refractivity contribution is 0.703. The minimum atomic E-state index is 0.137. The highest BCUT2D eigenvalue weighted by atomic mass is 35.5. The van der Waals surface area contributed by atoms with Crippen molar-refractivity contribution < 1.29 is 0 Å². The van der Waals surface area contributed by atoms with Crippen LogP contribution in [-0.4, -0.2) is 13.1 Å². The maximum absolute atomic E-state index is 8.62. The molecule has 0 amide bonds. The molecule has 1 atom stereocenters. The van der Waals surface area contributed by atoms with E-state index in [1.165, 1.54) is 0 Å². The Bertz CT molecular complexity index is 384. The topological polar surface area (TPSA) is 53.0 Å². The number of hydrogen-bond donors (Lipinski definition) is 1. The number of rotatable bonds is 3. The van der Waals surface area contributed by atoms with Crippen molar-refractivity contribution in [2.24, 2.45) is 0 Å². The van der Waals surface area contributed by atoms with Crippen molar-refractivity contribution in [2.75, 3.05) is 17.7 Å². The number of hydrogen-bond acceptors (Lipinski definition) is 3. The zero-order valence-electron chi connectivity index (χ0n) is 8.87. The van der Waals surface area contributed by atoms with Crippen molar-refractivity contribution in [3.05, 3.63) is 23.2 Å². The molecule has 3 nitrogen and oxygen atoms in total. The summed E-state index contributed by atoms with van der Waals surface area (Å²) in [4.78, 5) is 1.98. The maximum Gasteiger partial charge on any atom is 0.0643 e. The fourth-order valence-corrected chi connectivity index (χ4v) is 1.53. The van der Waals surface area contributed by atoms with E-state index in [1.807, 2.05) is 24.9 Å². The van der Waals surface area contributed by atoms with Crippen LogP contribution in [-0.2, 0) is 0 Å². The van der Waals surface area contributed by atoms with Crippen molar-refractivity contribution in [3.8, 4) is 6.07 Å². The summed E-state index contributed by atoms with van der Waals surface area (Å²) < 4.78 is 0. The smallest absolute Gasteiger partial charge is 0.0643 e. The van der Waals surface area contributed by atoms with Gasteiger partial charge in [-0.15, -0.1) is 0 Å². The van der Waals surface area contributed by atoms with Gasteiger partial charge in [-0.1, -0.05) is 11.6 Å². The van der Waals surface area contributed by atoms with E-state index in [9.17, 15) is 0 Å². The molecule has 0 bridgehead atoms. The predicted octanol–water partition coefficient (Wildman–Crippen LogP) is 2.66. The Morgan fingerprint density at radius 3 is 2.80 bits per heavy atom. The number of nitrogen functional groups attached to an aromatic ring is 1. The highest BCUT2D eigenvalue weighted by Crippen LogP contribution is 2.27. The fourth-order valence-electron chi connectivity index (χ4n) is 1.35. The Hall–Kier alpha value is -1.40. The van der Waals surface area contributed by atoms with E-state index in [-0.39, 0.29) is 6.04 Å². The molecule has 0 spiro atoms. The summed E-state index contributed by atoms with van der Waals surface area (Å²) in [5.41, 5.74) is 7.39. The molecule has 1 aromatic rings. The van der Waals surface area contributed by atoms with Crippen LogP contribution in [0.2, 0.25) is 5.02 Å². The van der Waals surface area contributed by atoms with Gasteiger partial charge in [-0.3, -0.25) is 0 Å². The highest BCUT2D eigenvalue weighted by Gasteiger charge is 2.12. The number of nitrogens with two attached hydrogens (primary N) is 1. The standard InChI is InChI=1S/C11H14ClN3/c1-8(5-6-13)15(2)11-4-3-9(12)7-10(11)14/h3-4,7-8H,5,14H2,1-2H3. The Kier molecular flexibility index (Phi) is 3.81. The normalized spacial score (nSPS) is 11.9. The molecule has 0 aliphatic rings. The van der Waals surface area contributed by atoms with Gasteiger partial charge in [0, 0.05) is 18.1 Å². The first-order chi connectivity index (χ1) is 7.06. The number of halogens is 1. The molecule has 0 fully saturated rings. The quantitative estimate of drug-likeness (QED) is 0.802. The average molecular weight is 224 g/mol. The first-order valence-corrected chi connectivity index (χ1v) is 5.09. The molecule has 0 aliphatic heterocycles. The number of nitrogens with zero attached hydrogens (tertiary/aromatic N) is 2. The van der Waals surface area contributed by atoms with Crippen LogP contribution < -0.4 is 10.6 Å². The first-order valence-electron chi connectivity index (χ1n) is 4.71. The van der Waals surface area contributed by atoms with Gasteiger partial charge in [-0.05, 0) is 25.1 Å². The second-order valence-electron chi connectivity index (χ2n) is 3.53. The fraction of sp³-hybridized carbons (Fsp3) is 0.364. The molecule has 0 radical (unpaired) electrons. The van der Waals surface area contributed by atoms with Crippen LogP contribution in [0.1, 0.15) is 13.3 Å². The lowest BCUT2D eigenvalue weighted by Gasteiger charge is -2.26. The second kappa shape index (κ2) is 4.90. The van der Waals surface area contributed by atoms with Gasteiger partial charge < -0.3 is 10.6 Å². The summed E-state index contributed by atoms with van der Waals surface area (Å²) in [7, 11) is 1.92. The summed E-state index contributed by atoms with van der Waals surface area (Å²) >= 11 is 5.81. The van der Waals surface area contributed by atoms with E-state index in [2.05, 4.69) is 6.07 Å². The van der Waals surface area contributed by atoms with Crippen molar-refractivity contribution in [1.29, 1.82) is 5.26 Å².